The molecule has 0 saturated heterocycles. The fraction of sp³-hybridized carbons (Fsp3) is 0.200. The summed E-state index contributed by atoms with van der Waals surface area (Å²) in [5.74, 6) is 0. The lowest BCUT2D eigenvalue weighted by Crippen LogP contribution is -2.32. The average molecular weight is 110 g/mol. The van der Waals surface area contributed by atoms with Crippen LogP contribution in [-0.2, 0) is 0 Å². The van der Waals surface area contributed by atoms with Crippen molar-refractivity contribution < 1.29 is 0 Å². The number of anilines is 1. The molecule has 0 fully saturated rings. The Morgan fingerprint density at radius 2 is 2.12 bits per heavy atom. The molecule has 3 nitrogen and oxygen atoms in total. The van der Waals surface area contributed by atoms with E-state index in [1.807, 2.05) is 0 Å². The van der Waals surface area contributed by atoms with Gasteiger partial charge in [-0.15, -0.1) is 0 Å². The van der Waals surface area contributed by atoms with Crippen LogP contribution in [-0.4, -0.2) is 7.05 Å². The van der Waals surface area contributed by atoms with Gasteiger partial charge >= 0.3 is 0 Å². The molecule has 0 aliphatic rings. The minimum absolute atomic E-state index is 0.287. The third-order valence-electron chi connectivity index (χ3n) is 0.922. The lowest BCUT2D eigenvalue weighted by Gasteiger charge is -1.94. The normalized spacial score (nSPS) is 9.62. The van der Waals surface area contributed by atoms with Crippen molar-refractivity contribution in [3.8, 4) is 0 Å². The van der Waals surface area contributed by atoms with Crippen LogP contribution in [0.5, 0.6) is 0 Å². The molecule has 0 amide bonds. The smallest absolute Gasteiger partial charge is 0.250 e. The van der Waals surface area contributed by atoms with Gasteiger partial charge in [-0.2, -0.15) is 0 Å². The molecule has 0 unspecified atom stereocenters. The van der Waals surface area contributed by atoms with Crippen LogP contribution in [0.4, 0.5) is 5.69 Å². The molecule has 0 heterocycles. The summed E-state index contributed by atoms with van der Waals surface area (Å²) in [5, 5.41) is 2.52. The predicted octanol–water partition coefficient (Wildman–Crippen LogP) is -0.876. The van der Waals surface area contributed by atoms with Crippen LogP contribution >= 0.6 is 0 Å². The summed E-state index contributed by atoms with van der Waals surface area (Å²) in [6, 6.07) is 2.26. The molecule has 0 aromatic heterocycles. The predicted molar refractivity (Wildman–Crippen MR) is 29.7 cm³/mol. The molecule has 1 aromatic rings. The highest BCUT2D eigenvalue weighted by atomic mass is 16.2. The zero-order valence-corrected chi connectivity index (χ0v) is 4.32. The maximum Gasteiger partial charge on any atom is 0.250 e. The van der Waals surface area contributed by atoms with Crippen LogP contribution in [0.25, 0.3) is 0 Å². The van der Waals surface area contributed by atoms with E-state index in [-0.39, 0.29) is 5.69 Å². The zero-order chi connectivity index (χ0) is 6.15. The zero-order valence-electron chi connectivity index (χ0n) is 4.32. The van der Waals surface area contributed by atoms with E-state index in [1.165, 1.54) is 0 Å². The molecule has 0 spiro atoms. The van der Waals surface area contributed by atoms with Gasteiger partial charge in [-0.25, -0.2) is 0 Å². The van der Waals surface area contributed by atoms with Crippen LogP contribution in [0.2, 0.25) is 0 Å². The van der Waals surface area contributed by atoms with E-state index >= 15 is 0 Å². The summed E-state index contributed by atoms with van der Waals surface area (Å²) in [5.41, 5.74) is -0.711. The van der Waals surface area contributed by atoms with Gasteiger partial charge in [-0.3, -0.25) is 9.59 Å². The SMILES string of the molecule is CNc1[c]c(=O)c1=O. The summed E-state index contributed by atoms with van der Waals surface area (Å²) in [6.45, 7) is 0. The van der Waals surface area contributed by atoms with Crippen molar-refractivity contribution in [2.45, 2.75) is 0 Å². The van der Waals surface area contributed by atoms with E-state index < -0.39 is 10.9 Å². The molecule has 0 aliphatic carbocycles. The van der Waals surface area contributed by atoms with Crippen LogP contribution in [0.3, 0.4) is 0 Å². The molecule has 3 heteroatoms. The quantitative estimate of drug-likeness (QED) is 0.478. The standard InChI is InChI=1S/C5H4NO2/c1-6-3-2-4(7)5(3)8/h6H,1H3. The molecule has 1 aromatic carbocycles. The monoisotopic (exact) mass is 110 g/mol. The molecule has 0 atom stereocenters. The molecule has 0 bridgehead atoms. The van der Waals surface area contributed by atoms with Crippen molar-refractivity contribution in [1.82, 2.24) is 0 Å². The molecule has 1 rings (SSSR count). The molecule has 0 saturated carbocycles. The van der Waals surface area contributed by atoms with Gasteiger partial charge in [0.05, 0.1) is 11.8 Å². The first kappa shape index (κ1) is 5.03. The van der Waals surface area contributed by atoms with Gasteiger partial charge in [-0.05, 0) is 0 Å². The second-order valence-electron chi connectivity index (χ2n) is 1.41. The van der Waals surface area contributed by atoms with Crippen molar-refractivity contribution in [1.29, 1.82) is 0 Å². The van der Waals surface area contributed by atoms with Gasteiger partial charge < -0.3 is 5.32 Å². The maximum absolute atomic E-state index is 10.3. The maximum atomic E-state index is 10.3. The highest BCUT2D eigenvalue weighted by Gasteiger charge is 2.05. The van der Waals surface area contributed by atoms with Gasteiger partial charge in [0, 0.05) is 7.05 Å². The Morgan fingerprint density at radius 1 is 1.50 bits per heavy atom. The van der Waals surface area contributed by atoms with E-state index in [9.17, 15) is 9.59 Å². The Kier molecular flexibility index (Phi) is 0.901. The highest BCUT2D eigenvalue weighted by molar-refractivity contribution is 5.44. The van der Waals surface area contributed by atoms with Gasteiger partial charge in [0.15, 0.2) is 0 Å². The first-order valence-electron chi connectivity index (χ1n) is 2.16. The molecule has 1 radical (unpaired) electrons. The first-order valence-corrected chi connectivity index (χ1v) is 2.16. The number of rotatable bonds is 1. The Hall–Kier alpha value is -1.12. The van der Waals surface area contributed by atoms with Crippen molar-refractivity contribution in [2.24, 2.45) is 0 Å². The first-order chi connectivity index (χ1) is 3.75. The van der Waals surface area contributed by atoms with Crippen LogP contribution in [0.1, 0.15) is 0 Å². The highest BCUT2D eigenvalue weighted by Crippen LogP contribution is 1.88. The Bertz CT molecular complexity index is 257. The summed E-state index contributed by atoms with van der Waals surface area (Å²) < 4.78 is 0. The summed E-state index contributed by atoms with van der Waals surface area (Å²) in [4.78, 5) is 20.4. The second kappa shape index (κ2) is 1.43. The fourth-order valence-electron chi connectivity index (χ4n) is 0.454. The Balaban J connectivity index is 3.11. The lowest BCUT2D eigenvalue weighted by atomic mass is 10.3. The van der Waals surface area contributed by atoms with E-state index in [4.69, 9.17) is 0 Å². The van der Waals surface area contributed by atoms with Crippen LogP contribution in [0.15, 0.2) is 9.59 Å². The van der Waals surface area contributed by atoms with Gasteiger partial charge in [-0.1, -0.05) is 0 Å². The van der Waals surface area contributed by atoms with E-state index in [1.54, 1.807) is 7.05 Å². The Morgan fingerprint density at radius 3 is 2.25 bits per heavy atom. The van der Waals surface area contributed by atoms with E-state index in [0.717, 1.165) is 0 Å². The third kappa shape index (κ3) is 0.443. The van der Waals surface area contributed by atoms with Crippen molar-refractivity contribution >= 4 is 5.69 Å². The molecular weight excluding hydrogens is 106 g/mol. The number of hydrogen-bond acceptors (Lipinski definition) is 3. The minimum atomic E-state index is -0.533. The van der Waals surface area contributed by atoms with Crippen LogP contribution in [0, 0.1) is 6.07 Å². The average Bonchev–Trinajstić information content (AvgIpc) is 1.81. The van der Waals surface area contributed by atoms with Gasteiger partial charge in [0.2, 0.25) is 10.9 Å². The van der Waals surface area contributed by atoms with Crippen molar-refractivity contribution in [3.05, 3.63) is 26.5 Å². The molecule has 8 heavy (non-hydrogen) atoms. The summed E-state index contributed by atoms with van der Waals surface area (Å²) >= 11 is 0. The van der Waals surface area contributed by atoms with Crippen molar-refractivity contribution in [2.75, 3.05) is 12.4 Å². The topological polar surface area (TPSA) is 46.2 Å². The summed E-state index contributed by atoms with van der Waals surface area (Å²) in [6.07, 6.45) is 0. The Labute approximate surface area is 45.6 Å². The molecule has 1 N–H and O–H groups in total. The molecule has 0 aliphatic heterocycles. The largest absolute Gasteiger partial charge is 0.384 e. The summed E-state index contributed by atoms with van der Waals surface area (Å²) in [7, 11) is 1.58. The molecule has 41 valence electrons. The van der Waals surface area contributed by atoms with Crippen molar-refractivity contribution in [3.63, 3.8) is 0 Å². The number of nitrogens with one attached hydrogen (secondary N) is 1. The van der Waals surface area contributed by atoms with E-state index in [0.29, 0.717) is 0 Å². The second-order valence-corrected chi connectivity index (χ2v) is 1.41. The lowest BCUT2D eigenvalue weighted by molar-refractivity contribution is 1.35. The number of hydrogen-bond donors (Lipinski definition) is 1. The van der Waals surface area contributed by atoms with Crippen LogP contribution < -0.4 is 16.2 Å². The fourth-order valence-corrected chi connectivity index (χ4v) is 0.454. The van der Waals surface area contributed by atoms with Gasteiger partial charge in [0.1, 0.15) is 0 Å². The third-order valence-corrected chi connectivity index (χ3v) is 0.922. The van der Waals surface area contributed by atoms with Gasteiger partial charge in [0.25, 0.3) is 0 Å². The minimum Gasteiger partial charge on any atom is -0.384 e. The molecular formula is C5H4NO2. The van der Waals surface area contributed by atoms with E-state index in [2.05, 4.69) is 11.4 Å².